The van der Waals surface area contributed by atoms with Crippen molar-refractivity contribution < 1.29 is 0 Å². The molecule has 1 unspecified atom stereocenters. The summed E-state index contributed by atoms with van der Waals surface area (Å²) in [5, 5.41) is 3.72. The molecular formula is C16H30N2. The predicted molar refractivity (Wildman–Crippen MR) is 76.8 cm³/mol. The van der Waals surface area contributed by atoms with Gasteiger partial charge < -0.3 is 5.32 Å². The number of likely N-dealkylation sites (tertiary alicyclic amines) is 1. The summed E-state index contributed by atoms with van der Waals surface area (Å²) in [6, 6.07) is 0.753. The summed E-state index contributed by atoms with van der Waals surface area (Å²) in [6.07, 6.45) is 14.6. The van der Waals surface area contributed by atoms with Crippen molar-refractivity contribution in [2.45, 2.75) is 75.8 Å². The monoisotopic (exact) mass is 250 g/mol. The van der Waals surface area contributed by atoms with Crippen LogP contribution in [0.2, 0.25) is 0 Å². The Hall–Kier alpha value is -0.0800. The number of hydrogen-bond donors (Lipinski definition) is 1. The molecule has 0 spiro atoms. The highest BCUT2D eigenvalue weighted by Crippen LogP contribution is 2.43. The number of hydrogen-bond acceptors (Lipinski definition) is 2. The van der Waals surface area contributed by atoms with E-state index >= 15 is 0 Å². The molecule has 1 saturated heterocycles. The van der Waals surface area contributed by atoms with Crippen molar-refractivity contribution in [2.24, 2.45) is 5.92 Å². The van der Waals surface area contributed by atoms with Crippen LogP contribution in [0.25, 0.3) is 0 Å². The van der Waals surface area contributed by atoms with Crippen molar-refractivity contribution in [3.63, 3.8) is 0 Å². The molecule has 2 saturated carbocycles. The maximum absolute atomic E-state index is 3.72. The van der Waals surface area contributed by atoms with E-state index < -0.39 is 0 Å². The van der Waals surface area contributed by atoms with Gasteiger partial charge in [0.1, 0.15) is 0 Å². The Bertz CT molecular complexity index is 260. The van der Waals surface area contributed by atoms with Gasteiger partial charge in [0.2, 0.25) is 0 Å². The topological polar surface area (TPSA) is 15.3 Å². The zero-order chi connectivity index (χ0) is 12.4. The normalized spacial score (nSPS) is 30.5. The number of nitrogens with one attached hydrogen (secondary N) is 1. The second kappa shape index (κ2) is 5.50. The van der Waals surface area contributed by atoms with Gasteiger partial charge in [0, 0.05) is 11.6 Å². The smallest absolute Gasteiger partial charge is 0.0362 e. The minimum Gasteiger partial charge on any atom is -0.315 e. The molecule has 1 N–H and O–H groups in total. The Morgan fingerprint density at radius 2 is 1.72 bits per heavy atom. The molecule has 2 nitrogen and oxygen atoms in total. The van der Waals surface area contributed by atoms with E-state index in [1.165, 1.54) is 77.3 Å². The first-order chi connectivity index (χ1) is 8.85. The van der Waals surface area contributed by atoms with Crippen LogP contribution in [0, 0.1) is 5.92 Å². The Kier molecular flexibility index (Phi) is 3.95. The minimum absolute atomic E-state index is 0.529. The summed E-state index contributed by atoms with van der Waals surface area (Å²) in [6.45, 7) is 2.73. The molecule has 0 radical (unpaired) electrons. The van der Waals surface area contributed by atoms with Gasteiger partial charge in [-0.3, -0.25) is 4.90 Å². The molecule has 1 aliphatic heterocycles. The lowest BCUT2D eigenvalue weighted by Gasteiger charge is -2.47. The Morgan fingerprint density at radius 3 is 2.22 bits per heavy atom. The summed E-state index contributed by atoms with van der Waals surface area (Å²) in [5.74, 6) is 1.03. The van der Waals surface area contributed by atoms with E-state index in [4.69, 9.17) is 0 Å². The fourth-order valence-corrected chi connectivity index (χ4v) is 4.70. The summed E-state index contributed by atoms with van der Waals surface area (Å²) in [7, 11) is 2.21. The molecule has 0 aromatic heterocycles. The highest BCUT2D eigenvalue weighted by molar-refractivity contribution is 5.05. The second-order valence-corrected chi connectivity index (χ2v) is 6.88. The average Bonchev–Trinajstić information content (AvgIpc) is 2.99. The molecule has 3 fully saturated rings. The fraction of sp³-hybridized carbons (Fsp3) is 1.00. The Morgan fingerprint density at radius 1 is 1.06 bits per heavy atom. The van der Waals surface area contributed by atoms with Crippen LogP contribution < -0.4 is 5.32 Å². The standard InChI is InChI=1S/C16H30N2/c1-17-15(13-14-7-6-8-14)16(9-2-3-10-16)18-11-4-5-12-18/h14-15,17H,2-13H2,1H3. The van der Waals surface area contributed by atoms with Gasteiger partial charge in [-0.25, -0.2) is 0 Å². The maximum Gasteiger partial charge on any atom is 0.0362 e. The van der Waals surface area contributed by atoms with Crippen LogP contribution in [0.1, 0.15) is 64.2 Å². The van der Waals surface area contributed by atoms with Crippen LogP contribution in [-0.2, 0) is 0 Å². The van der Waals surface area contributed by atoms with Crippen molar-refractivity contribution in [1.29, 1.82) is 0 Å². The van der Waals surface area contributed by atoms with E-state index in [1.807, 2.05) is 0 Å². The lowest BCUT2D eigenvalue weighted by Crippen LogP contribution is -2.59. The third kappa shape index (κ3) is 2.22. The second-order valence-electron chi connectivity index (χ2n) is 6.88. The molecule has 0 bridgehead atoms. The molecule has 18 heavy (non-hydrogen) atoms. The van der Waals surface area contributed by atoms with E-state index in [0.29, 0.717) is 5.54 Å². The number of rotatable bonds is 5. The third-order valence-electron chi connectivity index (χ3n) is 6.00. The molecule has 2 aliphatic carbocycles. The van der Waals surface area contributed by atoms with Gasteiger partial charge in [-0.1, -0.05) is 32.1 Å². The molecule has 0 amide bonds. The van der Waals surface area contributed by atoms with Crippen molar-refractivity contribution in [2.75, 3.05) is 20.1 Å². The van der Waals surface area contributed by atoms with Crippen molar-refractivity contribution in [1.82, 2.24) is 10.2 Å². The van der Waals surface area contributed by atoms with E-state index in [9.17, 15) is 0 Å². The fourth-order valence-electron chi connectivity index (χ4n) is 4.70. The van der Waals surface area contributed by atoms with Crippen LogP contribution in [0.15, 0.2) is 0 Å². The third-order valence-corrected chi connectivity index (χ3v) is 6.00. The van der Waals surface area contributed by atoms with Crippen molar-refractivity contribution >= 4 is 0 Å². The quantitative estimate of drug-likeness (QED) is 0.806. The molecule has 1 atom stereocenters. The highest BCUT2D eigenvalue weighted by Gasteiger charge is 2.46. The number of nitrogens with zero attached hydrogens (tertiary/aromatic N) is 1. The molecule has 0 aromatic carbocycles. The summed E-state index contributed by atoms with van der Waals surface area (Å²) >= 11 is 0. The zero-order valence-corrected chi connectivity index (χ0v) is 12.1. The van der Waals surface area contributed by atoms with Gasteiger partial charge in [-0.15, -0.1) is 0 Å². The maximum atomic E-state index is 3.72. The van der Waals surface area contributed by atoms with Crippen LogP contribution in [0.3, 0.4) is 0 Å². The average molecular weight is 250 g/mol. The predicted octanol–water partition coefficient (Wildman–Crippen LogP) is 3.17. The molecular weight excluding hydrogens is 220 g/mol. The van der Waals surface area contributed by atoms with Gasteiger partial charge in [0.25, 0.3) is 0 Å². The SMILES string of the molecule is CNC(CC1CCC1)C1(N2CCCC2)CCCC1. The van der Waals surface area contributed by atoms with Gasteiger partial charge in [0.15, 0.2) is 0 Å². The van der Waals surface area contributed by atoms with E-state index in [2.05, 4.69) is 17.3 Å². The first-order valence-electron chi connectivity index (χ1n) is 8.27. The van der Waals surface area contributed by atoms with Gasteiger partial charge in [-0.2, -0.15) is 0 Å². The van der Waals surface area contributed by atoms with Gasteiger partial charge >= 0.3 is 0 Å². The number of likely N-dealkylation sites (N-methyl/N-ethyl adjacent to an activating group) is 1. The lowest BCUT2D eigenvalue weighted by atomic mass is 9.74. The van der Waals surface area contributed by atoms with Crippen LogP contribution in [-0.4, -0.2) is 36.6 Å². The first-order valence-corrected chi connectivity index (χ1v) is 8.27. The Labute approximate surface area is 113 Å². The lowest BCUT2D eigenvalue weighted by molar-refractivity contribution is 0.0613. The van der Waals surface area contributed by atoms with Crippen LogP contribution in [0.4, 0.5) is 0 Å². The van der Waals surface area contributed by atoms with E-state index in [0.717, 1.165) is 12.0 Å². The molecule has 1 heterocycles. The van der Waals surface area contributed by atoms with Gasteiger partial charge in [-0.05, 0) is 58.2 Å². The molecule has 3 aliphatic rings. The summed E-state index contributed by atoms with van der Waals surface area (Å²) in [4.78, 5) is 2.86. The minimum atomic E-state index is 0.529. The molecule has 2 heteroatoms. The molecule has 104 valence electrons. The first kappa shape index (κ1) is 12.9. The molecule has 3 rings (SSSR count). The van der Waals surface area contributed by atoms with E-state index in [-0.39, 0.29) is 0 Å². The Balaban J connectivity index is 1.72. The van der Waals surface area contributed by atoms with Crippen LogP contribution in [0.5, 0.6) is 0 Å². The summed E-state index contributed by atoms with van der Waals surface area (Å²) < 4.78 is 0. The van der Waals surface area contributed by atoms with Gasteiger partial charge in [0.05, 0.1) is 0 Å². The zero-order valence-electron chi connectivity index (χ0n) is 12.1. The van der Waals surface area contributed by atoms with E-state index in [1.54, 1.807) is 0 Å². The largest absolute Gasteiger partial charge is 0.315 e. The van der Waals surface area contributed by atoms with Crippen molar-refractivity contribution in [3.8, 4) is 0 Å². The van der Waals surface area contributed by atoms with Crippen LogP contribution >= 0.6 is 0 Å². The highest BCUT2D eigenvalue weighted by atomic mass is 15.2. The molecule has 0 aromatic rings. The van der Waals surface area contributed by atoms with Crippen molar-refractivity contribution in [3.05, 3.63) is 0 Å². The summed E-state index contributed by atoms with van der Waals surface area (Å²) in [5.41, 5.74) is 0.529.